The SMILES string of the molecule is CCOP(=O)(Cc1ccc(C(=O)N[C@@H](Cc2ccc(C(=O)O)cc2)C(=O)O)cc1)OCC. The van der Waals surface area contributed by atoms with Crippen LogP contribution in [0.25, 0.3) is 0 Å². The Morgan fingerprint density at radius 3 is 1.84 bits per heavy atom. The maximum Gasteiger partial charge on any atom is 0.335 e. The predicted molar refractivity (Wildman–Crippen MR) is 117 cm³/mol. The van der Waals surface area contributed by atoms with Crippen molar-refractivity contribution in [3.63, 3.8) is 0 Å². The molecule has 172 valence electrons. The van der Waals surface area contributed by atoms with E-state index in [1.165, 1.54) is 36.4 Å². The van der Waals surface area contributed by atoms with Gasteiger partial charge in [0.15, 0.2) is 0 Å². The molecule has 2 aromatic rings. The summed E-state index contributed by atoms with van der Waals surface area (Å²) in [5.41, 5.74) is 1.55. The van der Waals surface area contributed by atoms with Crippen LogP contribution in [-0.2, 0) is 31.0 Å². The Morgan fingerprint density at radius 2 is 1.38 bits per heavy atom. The molecule has 1 atom stereocenters. The molecule has 32 heavy (non-hydrogen) atoms. The molecule has 0 saturated heterocycles. The van der Waals surface area contributed by atoms with Crippen molar-refractivity contribution in [1.29, 1.82) is 0 Å². The average Bonchev–Trinajstić information content (AvgIpc) is 2.74. The van der Waals surface area contributed by atoms with Crippen molar-refractivity contribution in [2.45, 2.75) is 32.5 Å². The number of hydrogen-bond acceptors (Lipinski definition) is 6. The number of nitrogens with one attached hydrogen (secondary N) is 1. The number of aromatic carboxylic acids is 1. The molecule has 0 aliphatic rings. The molecule has 10 heteroatoms. The van der Waals surface area contributed by atoms with Gasteiger partial charge in [-0.05, 0) is 49.2 Å². The highest BCUT2D eigenvalue weighted by Crippen LogP contribution is 2.51. The summed E-state index contributed by atoms with van der Waals surface area (Å²) in [5, 5.41) is 20.9. The lowest BCUT2D eigenvalue weighted by Gasteiger charge is -2.17. The van der Waals surface area contributed by atoms with Gasteiger partial charge in [-0.3, -0.25) is 9.36 Å². The second kappa shape index (κ2) is 11.6. The van der Waals surface area contributed by atoms with Gasteiger partial charge in [-0.2, -0.15) is 0 Å². The predicted octanol–water partition coefficient (Wildman–Crippen LogP) is 3.58. The van der Waals surface area contributed by atoms with Crippen LogP contribution in [0, 0.1) is 0 Å². The molecule has 2 rings (SSSR count). The van der Waals surface area contributed by atoms with Crippen molar-refractivity contribution < 1.29 is 38.2 Å². The van der Waals surface area contributed by atoms with Gasteiger partial charge >= 0.3 is 19.5 Å². The Morgan fingerprint density at radius 1 is 0.875 bits per heavy atom. The highest BCUT2D eigenvalue weighted by atomic mass is 31.2. The zero-order valence-corrected chi connectivity index (χ0v) is 18.7. The summed E-state index contributed by atoms with van der Waals surface area (Å²) in [4.78, 5) is 35.1. The molecule has 0 radical (unpaired) electrons. The number of hydrogen-bond donors (Lipinski definition) is 3. The van der Waals surface area contributed by atoms with E-state index in [1.54, 1.807) is 26.0 Å². The van der Waals surface area contributed by atoms with E-state index in [4.69, 9.17) is 14.2 Å². The average molecular weight is 463 g/mol. The molecule has 2 aromatic carbocycles. The lowest BCUT2D eigenvalue weighted by Crippen LogP contribution is -2.42. The summed E-state index contributed by atoms with van der Waals surface area (Å²) in [6.07, 6.45) is 0.0472. The fourth-order valence-electron chi connectivity index (χ4n) is 2.97. The largest absolute Gasteiger partial charge is 0.480 e. The lowest BCUT2D eigenvalue weighted by molar-refractivity contribution is -0.139. The summed E-state index contributed by atoms with van der Waals surface area (Å²) in [5.74, 6) is -2.88. The molecule has 0 heterocycles. The van der Waals surface area contributed by atoms with Crippen molar-refractivity contribution in [3.05, 3.63) is 70.8 Å². The van der Waals surface area contributed by atoms with Gasteiger partial charge in [0, 0.05) is 12.0 Å². The third-order valence-electron chi connectivity index (χ3n) is 4.49. The Balaban J connectivity index is 2.06. The monoisotopic (exact) mass is 463 g/mol. The smallest absolute Gasteiger partial charge is 0.335 e. The molecular formula is C22H26NO8P. The summed E-state index contributed by atoms with van der Waals surface area (Å²) >= 11 is 0. The van der Waals surface area contributed by atoms with Gasteiger partial charge in [0.1, 0.15) is 6.04 Å². The summed E-state index contributed by atoms with van der Waals surface area (Å²) in [6.45, 7) is 3.93. The minimum atomic E-state index is -3.28. The van der Waals surface area contributed by atoms with E-state index in [2.05, 4.69) is 5.32 Å². The molecule has 0 saturated carbocycles. The third kappa shape index (κ3) is 7.30. The van der Waals surface area contributed by atoms with Gasteiger partial charge in [0.2, 0.25) is 0 Å². The fourth-order valence-corrected chi connectivity index (χ4v) is 4.67. The van der Waals surface area contributed by atoms with Gasteiger partial charge < -0.3 is 24.6 Å². The topological polar surface area (TPSA) is 139 Å². The van der Waals surface area contributed by atoms with Gasteiger partial charge in [0.25, 0.3) is 5.91 Å². The Labute approximate surface area is 185 Å². The number of carboxylic acids is 2. The Bertz CT molecular complexity index is 978. The molecule has 0 unspecified atom stereocenters. The van der Waals surface area contributed by atoms with E-state index in [9.17, 15) is 24.1 Å². The van der Waals surface area contributed by atoms with Crippen molar-refractivity contribution in [3.8, 4) is 0 Å². The zero-order chi connectivity index (χ0) is 23.7. The molecule has 3 N–H and O–H groups in total. The fraction of sp³-hybridized carbons (Fsp3) is 0.318. The van der Waals surface area contributed by atoms with Crippen LogP contribution < -0.4 is 5.32 Å². The van der Waals surface area contributed by atoms with E-state index >= 15 is 0 Å². The van der Waals surface area contributed by atoms with E-state index in [0.29, 0.717) is 11.1 Å². The molecule has 0 spiro atoms. The maximum atomic E-state index is 12.6. The number of amides is 1. The molecule has 9 nitrogen and oxygen atoms in total. The number of benzene rings is 2. The van der Waals surface area contributed by atoms with Crippen LogP contribution in [-0.4, -0.2) is 47.3 Å². The molecule has 0 aliphatic heterocycles. The first-order chi connectivity index (χ1) is 15.2. The van der Waals surface area contributed by atoms with E-state index in [-0.39, 0.29) is 36.9 Å². The van der Waals surface area contributed by atoms with Gasteiger partial charge in [-0.1, -0.05) is 24.3 Å². The van der Waals surface area contributed by atoms with E-state index in [1.807, 2.05) is 0 Å². The molecule has 1 amide bonds. The number of carboxylic acid groups (broad SMARTS) is 2. The molecule has 0 aromatic heterocycles. The molecule has 0 aliphatic carbocycles. The van der Waals surface area contributed by atoms with Crippen molar-refractivity contribution in [1.82, 2.24) is 5.32 Å². The van der Waals surface area contributed by atoms with Crippen LogP contribution in [0.2, 0.25) is 0 Å². The summed E-state index contributed by atoms with van der Waals surface area (Å²) in [6, 6.07) is 10.8. The van der Waals surface area contributed by atoms with E-state index in [0.717, 1.165) is 0 Å². The molecule has 0 bridgehead atoms. The third-order valence-corrected chi connectivity index (χ3v) is 6.54. The van der Waals surface area contributed by atoms with Crippen LogP contribution in [0.3, 0.4) is 0 Å². The minimum Gasteiger partial charge on any atom is -0.480 e. The number of carbonyl (C=O) groups is 3. The second-order valence-electron chi connectivity index (χ2n) is 6.87. The quantitative estimate of drug-likeness (QED) is 0.406. The summed E-state index contributed by atoms with van der Waals surface area (Å²) < 4.78 is 23.2. The van der Waals surface area contributed by atoms with E-state index < -0.39 is 31.5 Å². The lowest BCUT2D eigenvalue weighted by atomic mass is 10.0. The van der Waals surface area contributed by atoms with Crippen LogP contribution in [0.4, 0.5) is 0 Å². The number of rotatable bonds is 12. The van der Waals surface area contributed by atoms with Crippen LogP contribution in [0.5, 0.6) is 0 Å². The Hall–Kier alpha value is -3.00. The normalized spacial score (nSPS) is 12.2. The highest BCUT2D eigenvalue weighted by Gasteiger charge is 2.25. The minimum absolute atomic E-state index is 0.00898. The molecule has 0 fully saturated rings. The van der Waals surface area contributed by atoms with Gasteiger partial charge in [-0.15, -0.1) is 0 Å². The van der Waals surface area contributed by atoms with Crippen LogP contribution in [0.1, 0.15) is 45.7 Å². The molecular weight excluding hydrogens is 437 g/mol. The van der Waals surface area contributed by atoms with Crippen LogP contribution >= 0.6 is 7.60 Å². The number of aliphatic carboxylic acids is 1. The summed E-state index contributed by atoms with van der Waals surface area (Å²) in [7, 11) is -3.28. The Kier molecular flexibility index (Phi) is 9.13. The zero-order valence-electron chi connectivity index (χ0n) is 17.8. The maximum absolute atomic E-state index is 12.6. The van der Waals surface area contributed by atoms with Crippen LogP contribution in [0.15, 0.2) is 48.5 Å². The highest BCUT2D eigenvalue weighted by molar-refractivity contribution is 7.53. The van der Waals surface area contributed by atoms with Gasteiger partial charge in [0.05, 0.1) is 24.9 Å². The first-order valence-electron chi connectivity index (χ1n) is 10.0. The first kappa shape index (κ1) is 25.3. The first-order valence-corrected chi connectivity index (χ1v) is 11.7. The van der Waals surface area contributed by atoms with Crippen molar-refractivity contribution >= 4 is 25.4 Å². The standard InChI is InChI=1S/C22H26NO8P/c1-3-30-32(29,31-4-2)14-16-7-9-17(10-8-16)20(24)23-19(22(27)28)13-15-5-11-18(12-6-15)21(25)26/h5-12,19H,3-4,13-14H2,1-2H3,(H,23,24)(H,25,26)(H,27,28)/t19-/m0/s1. The van der Waals surface area contributed by atoms with Crippen molar-refractivity contribution in [2.75, 3.05) is 13.2 Å². The second-order valence-corrected chi connectivity index (χ2v) is 8.93. The number of carbonyl (C=O) groups excluding carboxylic acids is 1. The van der Waals surface area contributed by atoms with Crippen molar-refractivity contribution in [2.24, 2.45) is 0 Å². The van der Waals surface area contributed by atoms with Gasteiger partial charge in [-0.25, -0.2) is 9.59 Å².